The fraction of sp³-hybridized carbons (Fsp3) is 0.429. The Morgan fingerprint density at radius 3 is 2.54 bits per heavy atom. The van der Waals surface area contributed by atoms with Crippen LogP contribution in [0, 0.1) is 0 Å². The van der Waals surface area contributed by atoms with E-state index in [1.54, 1.807) is 0 Å². The van der Waals surface area contributed by atoms with Gasteiger partial charge < -0.3 is 10.1 Å². The molecule has 0 radical (unpaired) electrons. The van der Waals surface area contributed by atoms with Crippen LogP contribution in [0.3, 0.4) is 0 Å². The van der Waals surface area contributed by atoms with Crippen LogP contribution in [-0.2, 0) is 10.2 Å². The van der Waals surface area contributed by atoms with Crippen molar-refractivity contribution in [1.82, 2.24) is 4.90 Å². The smallest absolute Gasteiger partial charge is 0.0594 e. The molecule has 0 bridgehead atoms. The molecule has 0 saturated carbocycles. The molecule has 24 heavy (non-hydrogen) atoms. The molecule has 0 aliphatic carbocycles. The highest BCUT2D eigenvalue weighted by atomic mass is 16.5. The van der Waals surface area contributed by atoms with E-state index in [9.17, 15) is 0 Å². The molecule has 1 saturated heterocycles. The minimum Gasteiger partial charge on any atom is -0.381 e. The lowest BCUT2D eigenvalue weighted by Gasteiger charge is -2.37. The van der Waals surface area contributed by atoms with Crippen molar-refractivity contribution in [2.45, 2.75) is 24.8 Å². The summed E-state index contributed by atoms with van der Waals surface area (Å²) in [5.74, 6) is 0. The lowest BCUT2D eigenvalue weighted by atomic mass is 9.69. The van der Waals surface area contributed by atoms with Gasteiger partial charge in [-0.25, -0.2) is 0 Å². The van der Waals surface area contributed by atoms with Crippen LogP contribution in [0.25, 0.3) is 0 Å². The van der Waals surface area contributed by atoms with Crippen LogP contribution in [0.1, 0.15) is 24.5 Å². The van der Waals surface area contributed by atoms with Crippen LogP contribution in [0.5, 0.6) is 0 Å². The fourth-order valence-corrected chi connectivity index (χ4v) is 4.38. The van der Waals surface area contributed by atoms with Crippen LogP contribution in [0.15, 0.2) is 54.6 Å². The van der Waals surface area contributed by atoms with Gasteiger partial charge in [0, 0.05) is 30.2 Å². The van der Waals surface area contributed by atoms with Crippen LogP contribution >= 0.6 is 0 Å². The van der Waals surface area contributed by atoms with Gasteiger partial charge in [0.2, 0.25) is 0 Å². The van der Waals surface area contributed by atoms with Gasteiger partial charge in [-0.1, -0.05) is 48.5 Å². The first-order valence-corrected chi connectivity index (χ1v) is 9.02. The molecular formula is C21H26N2O. The quantitative estimate of drug-likeness (QED) is 0.932. The molecule has 4 rings (SSSR count). The minimum atomic E-state index is 0.0379. The van der Waals surface area contributed by atoms with Crippen molar-refractivity contribution in [1.29, 1.82) is 0 Å². The Balaban J connectivity index is 1.71. The molecular weight excluding hydrogens is 296 g/mol. The van der Waals surface area contributed by atoms with Crippen molar-refractivity contribution in [2.75, 3.05) is 38.2 Å². The van der Waals surface area contributed by atoms with Gasteiger partial charge in [0.1, 0.15) is 0 Å². The molecule has 3 nitrogen and oxygen atoms in total. The molecule has 1 fully saturated rings. The summed E-state index contributed by atoms with van der Waals surface area (Å²) < 4.78 is 5.50. The van der Waals surface area contributed by atoms with E-state index in [1.165, 1.54) is 16.8 Å². The van der Waals surface area contributed by atoms with Gasteiger partial charge in [0.05, 0.1) is 13.2 Å². The summed E-state index contributed by atoms with van der Waals surface area (Å²) in [6.45, 7) is 7.26. The van der Waals surface area contributed by atoms with Gasteiger partial charge in [-0.2, -0.15) is 0 Å². The van der Waals surface area contributed by atoms with Gasteiger partial charge in [-0.3, -0.25) is 4.90 Å². The molecule has 2 aliphatic heterocycles. The lowest BCUT2D eigenvalue weighted by Crippen LogP contribution is -2.44. The third-order valence-corrected chi connectivity index (χ3v) is 5.73. The number of ether oxygens (including phenoxy) is 1. The van der Waals surface area contributed by atoms with Crippen molar-refractivity contribution in [3.63, 3.8) is 0 Å². The number of fused-ring (bicyclic) bond motifs is 1. The third-order valence-electron chi connectivity index (χ3n) is 5.73. The van der Waals surface area contributed by atoms with E-state index in [0.717, 1.165) is 39.3 Å². The summed E-state index contributed by atoms with van der Waals surface area (Å²) in [6.07, 6.45) is 1.13. The van der Waals surface area contributed by atoms with Crippen LogP contribution < -0.4 is 5.32 Å². The number of benzene rings is 2. The zero-order valence-electron chi connectivity index (χ0n) is 14.4. The summed E-state index contributed by atoms with van der Waals surface area (Å²) in [6, 6.07) is 20.2. The number of anilines is 1. The molecule has 2 heterocycles. The highest BCUT2D eigenvalue weighted by Crippen LogP contribution is 2.48. The zero-order chi connectivity index (χ0) is 16.4. The maximum absolute atomic E-state index is 5.50. The molecule has 2 atom stereocenters. The van der Waals surface area contributed by atoms with Crippen molar-refractivity contribution < 1.29 is 4.74 Å². The Bertz CT molecular complexity index is 681. The molecule has 2 aromatic carbocycles. The summed E-state index contributed by atoms with van der Waals surface area (Å²) in [5, 5.41) is 3.73. The Morgan fingerprint density at radius 2 is 1.75 bits per heavy atom. The molecule has 0 spiro atoms. The Labute approximate surface area is 144 Å². The molecule has 2 aromatic rings. The highest BCUT2D eigenvalue weighted by molar-refractivity contribution is 5.65. The second-order valence-corrected chi connectivity index (χ2v) is 6.95. The van der Waals surface area contributed by atoms with Gasteiger partial charge in [-0.15, -0.1) is 0 Å². The van der Waals surface area contributed by atoms with Gasteiger partial charge >= 0.3 is 0 Å². The summed E-state index contributed by atoms with van der Waals surface area (Å²) in [4.78, 5) is 2.54. The minimum absolute atomic E-state index is 0.0379. The largest absolute Gasteiger partial charge is 0.381 e. The van der Waals surface area contributed by atoms with E-state index in [-0.39, 0.29) is 5.41 Å². The van der Waals surface area contributed by atoms with Crippen LogP contribution in [0.4, 0.5) is 5.69 Å². The molecule has 0 aromatic heterocycles. The summed E-state index contributed by atoms with van der Waals surface area (Å²) >= 11 is 0. The van der Waals surface area contributed by atoms with E-state index < -0.39 is 0 Å². The summed E-state index contributed by atoms with van der Waals surface area (Å²) in [5.41, 5.74) is 4.19. The molecule has 1 N–H and O–H groups in total. The first-order valence-electron chi connectivity index (χ1n) is 9.02. The van der Waals surface area contributed by atoms with Crippen molar-refractivity contribution in [2.24, 2.45) is 0 Å². The Morgan fingerprint density at radius 1 is 1.04 bits per heavy atom. The Hall–Kier alpha value is -1.84. The predicted molar refractivity (Wildman–Crippen MR) is 98.6 cm³/mol. The topological polar surface area (TPSA) is 24.5 Å². The number of hydrogen-bond acceptors (Lipinski definition) is 3. The number of nitrogens with zero attached hydrogens (tertiary/aromatic N) is 1. The highest BCUT2D eigenvalue weighted by Gasteiger charge is 2.45. The van der Waals surface area contributed by atoms with Crippen molar-refractivity contribution in [3.05, 3.63) is 65.7 Å². The molecule has 3 heteroatoms. The van der Waals surface area contributed by atoms with Crippen LogP contribution in [-0.4, -0.2) is 43.8 Å². The van der Waals surface area contributed by atoms with E-state index in [2.05, 4.69) is 71.7 Å². The van der Waals surface area contributed by atoms with Crippen molar-refractivity contribution >= 4 is 5.69 Å². The number of hydrogen-bond donors (Lipinski definition) is 1. The lowest BCUT2D eigenvalue weighted by molar-refractivity contribution is 0.0350. The Kier molecular flexibility index (Phi) is 4.30. The molecule has 2 aliphatic rings. The van der Waals surface area contributed by atoms with Gasteiger partial charge in [-0.05, 0) is 37.1 Å². The zero-order valence-corrected chi connectivity index (χ0v) is 14.4. The average molecular weight is 322 g/mol. The average Bonchev–Trinajstić information content (AvgIpc) is 2.94. The first kappa shape index (κ1) is 15.7. The maximum Gasteiger partial charge on any atom is 0.0594 e. The molecule has 2 unspecified atom stereocenters. The van der Waals surface area contributed by atoms with E-state index in [1.807, 2.05) is 0 Å². The normalized spacial score (nSPS) is 26.8. The second-order valence-electron chi connectivity index (χ2n) is 6.95. The van der Waals surface area contributed by atoms with E-state index >= 15 is 0 Å². The fourth-order valence-electron chi connectivity index (χ4n) is 4.38. The van der Waals surface area contributed by atoms with Gasteiger partial charge in [0.25, 0.3) is 0 Å². The molecule has 126 valence electrons. The second kappa shape index (κ2) is 6.58. The standard InChI is InChI=1S/C21H26N2O/c1-17-21(18-7-3-2-4-8-18,11-12-23-13-15-24-16-14-23)19-9-5-6-10-20(19)22-17/h2-10,17,22H,11-16H2,1H3. The van der Waals surface area contributed by atoms with Crippen LogP contribution in [0.2, 0.25) is 0 Å². The van der Waals surface area contributed by atoms with E-state index in [4.69, 9.17) is 4.74 Å². The number of rotatable bonds is 4. The van der Waals surface area contributed by atoms with Crippen molar-refractivity contribution in [3.8, 4) is 0 Å². The monoisotopic (exact) mass is 322 g/mol. The maximum atomic E-state index is 5.50. The predicted octanol–water partition coefficient (Wildman–Crippen LogP) is 3.51. The third kappa shape index (κ3) is 2.62. The SMILES string of the molecule is CC1Nc2ccccc2C1(CCN1CCOCC1)c1ccccc1. The number of morpholine rings is 1. The number of nitrogens with one attached hydrogen (secondary N) is 1. The van der Waals surface area contributed by atoms with E-state index in [0.29, 0.717) is 6.04 Å². The number of para-hydroxylation sites is 1. The van der Waals surface area contributed by atoms with Gasteiger partial charge in [0.15, 0.2) is 0 Å². The first-order chi connectivity index (χ1) is 11.8. The summed E-state index contributed by atoms with van der Waals surface area (Å²) in [7, 11) is 0. The molecule has 0 amide bonds.